The normalized spacial score (nSPS) is 22.4. The summed E-state index contributed by atoms with van der Waals surface area (Å²) < 4.78 is 1.83. The molecule has 124 valence electrons. The van der Waals surface area contributed by atoms with Gasteiger partial charge in [0.2, 0.25) is 0 Å². The predicted octanol–water partition coefficient (Wildman–Crippen LogP) is 2.98. The van der Waals surface area contributed by atoms with Crippen molar-refractivity contribution in [3.63, 3.8) is 0 Å². The first-order valence-corrected chi connectivity index (χ1v) is 8.56. The number of para-hydroxylation sites is 1. The van der Waals surface area contributed by atoms with Crippen LogP contribution in [0.4, 0.5) is 4.79 Å². The Labute approximate surface area is 142 Å². The summed E-state index contributed by atoms with van der Waals surface area (Å²) in [7, 11) is 0. The van der Waals surface area contributed by atoms with Crippen molar-refractivity contribution in [2.45, 2.75) is 19.4 Å². The number of benzene rings is 1. The quantitative estimate of drug-likeness (QED) is 0.883. The Morgan fingerprint density at radius 1 is 1.12 bits per heavy atom. The van der Waals surface area contributed by atoms with Crippen molar-refractivity contribution in [1.29, 1.82) is 0 Å². The number of likely N-dealkylation sites (tertiary alicyclic amines) is 1. The monoisotopic (exact) mass is 322 g/mol. The summed E-state index contributed by atoms with van der Waals surface area (Å²) >= 11 is 0. The van der Waals surface area contributed by atoms with Gasteiger partial charge in [-0.3, -0.25) is 0 Å². The number of amides is 2. The van der Waals surface area contributed by atoms with Crippen LogP contribution in [0.3, 0.4) is 0 Å². The van der Waals surface area contributed by atoms with E-state index in [9.17, 15) is 4.79 Å². The lowest BCUT2D eigenvalue weighted by molar-refractivity contribution is 0.206. The van der Waals surface area contributed by atoms with Crippen LogP contribution in [0.5, 0.6) is 0 Å². The second-order valence-corrected chi connectivity index (χ2v) is 6.66. The lowest BCUT2D eigenvalue weighted by atomic mass is 9.86. The number of nitrogens with one attached hydrogen (secondary N) is 1. The van der Waals surface area contributed by atoms with E-state index in [2.05, 4.69) is 22.6 Å². The molecule has 0 spiro atoms. The van der Waals surface area contributed by atoms with E-state index in [1.54, 1.807) is 6.20 Å². The summed E-state index contributed by atoms with van der Waals surface area (Å²) in [5.41, 5.74) is 2.02. The van der Waals surface area contributed by atoms with E-state index in [0.717, 1.165) is 37.2 Å². The van der Waals surface area contributed by atoms with Crippen molar-refractivity contribution in [3.8, 4) is 5.69 Å². The van der Waals surface area contributed by atoms with E-state index in [1.165, 1.54) is 0 Å². The number of carbonyl (C=O) groups is 1. The van der Waals surface area contributed by atoms with Gasteiger partial charge in [0.15, 0.2) is 0 Å². The zero-order chi connectivity index (χ0) is 16.4. The SMILES string of the molecule is O=C(NCc1cnn(-c2ccccc2)c1)N1CC2CC=CCC2C1. The molecule has 2 aliphatic rings. The highest BCUT2D eigenvalue weighted by atomic mass is 16.2. The van der Waals surface area contributed by atoms with Crippen LogP contribution in [0.25, 0.3) is 5.69 Å². The fourth-order valence-corrected chi connectivity index (χ4v) is 3.64. The standard InChI is InChI=1S/C19H22N4O/c24-19(22-13-16-6-4-5-7-17(16)14-22)20-10-15-11-21-23(12-15)18-8-2-1-3-9-18/h1-5,8-9,11-12,16-17H,6-7,10,13-14H2,(H,20,24). The van der Waals surface area contributed by atoms with Gasteiger partial charge in [-0.25, -0.2) is 9.48 Å². The zero-order valence-electron chi connectivity index (χ0n) is 13.6. The summed E-state index contributed by atoms with van der Waals surface area (Å²) in [6.45, 7) is 2.27. The molecule has 24 heavy (non-hydrogen) atoms. The highest BCUT2D eigenvalue weighted by Gasteiger charge is 2.34. The van der Waals surface area contributed by atoms with Gasteiger partial charge in [0.25, 0.3) is 0 Å². The Bertz CT molecular complexity index is 721. The van der Waals surface area contributed by atoms with Gasteiger partial charge in [-0.2, -0.15) is 5.10 Å². The Morgan fingerprint density at radius 3 is 2.54 bits per heavy atom. The summed E-state index contributed by atoms with van der Waals surface area (Å²) in [6.07, 6.45) is 10.5. The fraction of sp³-hybridized carbons (Fsp3) is 0.368. The van der Waals surface area contributed by atoms with Gasteiger partial charge in [-0.1, -0.05) is 30.4 Å². The molecule has 2 heterocycles. The summed E-state index contributed by atoms with van der Waals surface area (Å²) in [5, 5.41) is 7.39. The highest BCUT2D eigenvalue weighted by molar-refractivity contribution is 5.74. The lowest BCUT2D eigenvalue weighted by Crippen LogP contribution is -2.38. The summed E-state index contributed by atoms with van der Waals surface area (Å²) in [4.78, 5) is 14.4. The van der Waals surface area contributed by atoms with Crippen LogP contribution in [0.1, 0.15) is 18.4 Å². The van der Waals surface area contributed by atoms with E-state index >= 15 is 0 Å². The molecular weight excluding hydrogens is 300 g/mol. The first-order chi connectivity index (χ1) is 11.8. The molecule has 1 aromatic heterocycles. The summed E-state index contributed by atoms with van der Waals surface area (Å²) in [6, 6.07) is 10.0. The molecule has 2 unspecified atom stereocenters. The second kappa shape index (κ2) is 6.51. The summed E-state index contributed by atoms with van der Waals surface area (Å²) in [5.74, 6) is 1.28. The minimum absolute atomic E-state index is 0.0388. The zero-order valence-corrected chi connectivity index (χ0v) is 13.6. The van der Waals surface area contributed by atoms with Crippen LogP contribution < -0.4 is 5.32 Å². The van der Waals surface area contributed by atoms with Crippen molar-refractivity contribution in [2.24, 2.45) is 11.8 Å². The number of aromatic nitrogens is 2. The van der Waals surface area contributed by atoms with Crippen LogP contribution >= 0.6 is 0 Å². The van der Waals surface area contributed by atoms with E-state index in [-0.39, 0.29) is 6.03 Å². The number of urea groups is 1. The molecule has 0 radical (unpaired) electrons. The van der Waals surface area contributed by atoms with E-state index < -0.39 is 0 Å². The van der Waals surface area contributed by atoms with Crippen LogP contribution in [-0.2, 0) is 6.54 Å². The lowest BCUT2D eigenvalue weighted by Gasteiger charge is -2.17. The van der Waals surface area contributed by atoms with Crippen LogP contribution in [0.15, 0.2) is 54.9 Å². The predicted molar refractivity (Wildman–Crippen MR) is 92.7 cm³/mol. The second-order valence-electron chi connectivity index (χ2n) is 6.66. The van der Waals surface area contributed by atoms with Crippen molar-refractivity contribution in [2.75, 3.05) is 13.1 Å². The van der Waals surface area contributed by atoms with Crippen molar-refractivity contribution in [3.05, 3.63) is 60.4 Å². The molecule has 2 atom stereocenters. The minimum atomic E-state index is 0.0388. The van der Waals surface area contributed by atoms with Crippen LogP contribution in [0.2, 0.25) is 0 Å². The topological polar surface area (TPSA) is 50.2 Å². The smallest absolute Gasteiger partial charge is 0.317 e. The Morgan fingerprint density at radius 2 is 1.83 bits per heavy atom. The van der Waals surface area contributed by atoms with E-state index in [4.69, 9.17) is 0 Å². The average molecular weight is 322 g/mol. The number of carbonyl (C=O) groups excluding carboxylic acids is 1. The van der Waals surface area contributed by atoms with Gasteiger partial charge < -0.3 is 10.2 Å². The maximum Gasteiger partial charge on any atom is 0.317 e. The van der Waals surface area contributed by atoms with E-state index in [0.29, 0.717) is 18.4 Å². The molecule has 1 aliphatic heterocycles. The molecule has 1 aromatic carbocycles. The van der Waals surface area contributed by atoms with Gasteiger partial charge in [0.05, 0.1) is 11.9 Å². The molecule has 1 N–H and O–H groups in total. The van der Waals surface area contributed by atoms with Crippen LogP contribution in [-0.4, -0.2) is 33.8 Å². The minimum Gasteiger partial charge on any atom is -0.334 e. The third-order valence-electron chi connectivity index (χ3n) is 5.01. The molecule has 0 saturated carbocycles. The number of hydrogen-bond donors (Lipinski definition) is 1. The van der Waals surface area contributed by atoms with Gasteiger partial charge in [-0.05, 0) is 36.8 Å². The maximum atomic E-state index is 12.4. The molecular formula is C19H22N4O. The highest BCUT2D eigenvalue weighted by Crippen LogP contribution is 2.32. The molecule has 5 nitrogen and oxygen atoms in total. The maximum absolute atomic E-state index is 12.4. The largest absolute Gasteiger partial charge is 0.334 e. The third-order valence-corrected chi connectivity index (χ3v) is 5.01. The molecule has 2 aromatic rings. The third kappa shape index (κ3) is 3.07. The van der Waals surface area contributed by atoms with Crippen molar-refractivity contribution in [1.82, 2.24) is 20.0 Å². The molecule has 5 heteroatoms. The van der Waals surface area contributed by atoms with E-state index in [1.807, 2.05) is 46.1 Å². The van der Waals surface area contributed by atoms with Gasteiger partial charge in [0.1, 0.15) is 0 Å². The fourth-order valence-electron chi connectivity index (χ4n) is 3.64. The van der Waals surface area contributed by atoms with Crippen LogP contribution in [0, 0.1) is 11.8 Å². The molecule has 2 amide bonds. The van der Waals surface area contributed by atoms with Gasteiger partial charge >= 0.3 is 6.03 Å². The molecule has 1 fully saturated rings. The molecule has 1 aliphatic carbocycles. The Hall–Kier alpha value is -2.56. The van der Waals surface area contributed by atoms with Gasteiger partial charge in [-0.15, -0.1) is 0 Å². The number of hydrogen-bond acceptors (Lipinski definition) is 2. The Balaban J connectivity index is 1.33. The molecule has 0 bridgehead atoms. The molecule has 4 rings (SSSR count). The Kier molecular flexibility index (Phi) is 4.07. The first-order valence-electron chi connectivity index (χ1n) is 8.56. The number of nitrogens with zero attached hydrogens (tertiary/aromatic N) is 3. The number of allylic oxidation sites excluding steroid dienone is 2. The first kappa shape index (κ1) is 15.0. The average Bonchev–Trinajstić information content (AvgIpc) is 3.27. The van der Waals surface area contributed by atoms with Gasteiger partial charge in [0, 0.05) is 31.4 Å². The number of rotatable bonds is 3. The van der Waals surface area contributed by atoms with Crippen molar-refractivity contribution < 1.29 is 4.79 Å². The van der Waals surface area contributed by atoms with Crippen molar-refractivity contribution >= 4 is 6.03 Å². The number of fused-ring (bicyclic) bond motifs is 1. The molecule has 1 saturated heterocycles.